The molecule has 0 aliphatic carbocycles. The zero-order valence-electron chi connectivity index (χ0n) is 3.96. The predicted octanol–water partition coefficient (Wildman–Crippen LogP) is 1.64. The first-order chi connectivity index (χ1) is 3.27. The van der Waals surface area contributed by atoms with Crippen LogP contribution in [0.2, 0.25) is 0 Å². The third-order valence-electron chi connectivity index (χ3n) is 0.329. The molecule has 2 heteroatoms. The maximum Gasteiger partial charge on any atom is 0.0395 e. The van der Waals surface area contributed by atoms with Crippen molar-refractivity contribution in [3.8, 4) is 0 Å². The summed E-state index contributed by atoms with van der Waals surface area (Å²) in [6, 6.07) is 0. The molecule has 0 amide bonds. The van der Waals surface area contributed by atoms with Crippen LogP contribution in [0.25, 0.3) is 0 Å². The fraction of sp³-hybridized carbons (Fsp3) is 0. The van der Waals surface area contributed by atoms with Crippen LogP contribution in [0.1, 0.15) is 0 Å². The zero-order chi connectivity index (χ0) is 5.70. The summed E-state index contributed by atoms with van der Waals surface area (Å²) in [7, 11) is 0. The number of rotatable bonds is 2. The van der Waals surface area contributed by atoms with E-state index in [9.17, 15) is 0 Å². The predicted molar refractivity (Wildman–Crippen MR) is 36.8 cm³/mol. The topological polar surface area (TPSA) is 12.4 Å². The van der Waals surface area contributed by atoms with E-state index in [1.165, 1.54) is 12.4 Å². The molecular formula is C5H7NS. The molecule has 0 fully saturated rings. The first-order valence-corrected chi connectivity index (χ1v) is 2.24. The molecule has 0 saturated carbocycles. The number of nitrogens with zero attached hydrogens (tertiary/aromatic N) is 1. The van der Waals surface area contributed by atoms with Gasteiger partial charge in [0.1, 0.15) is 0 Å². The first kappa shape index (κ1) is 6.50. The van der Waals surface area contributed by atoms with E-state index in [1.54, 1.807) is 0 Å². The van der Waals surface area contributed by atoms with E-state index in [0.717, 1.165) is 0 Å². The largest absolute Gasteiger partial charge is 0.264 e. The smallest absolute Gasteiger partial charge is 0.0395 e. The number of thiol groups is 1. The van der Waals surface area contributed by atoms with E-state index >= 15 is 0 Å². The summed E-state index contributed by atoms with van der Waals surface area (Å²) in [6.07, 6.45) is 2.96. The summed E-state index contributed by atoms with van der Waals surface area (Å²) in [6.45, 7) is 6.82. The minimum absolute atomic E-state index is 0.639. The van der Waals surface area contributed by atoms with Gasteiger partial charge in [-0.1, -0.05) is 13.2 Å². The van der Waals surface area contributed by atoms with Crippen molar-refractivity contribution in [3.05, 3.63) is 24.3 Å². The SMILES string of the molecule is C=C/N=C\C(=C)S. The number of aliphatic imine (C=N–C) groups is 1. The van der Waals surface area contributed by atoms with Crippen LogP contribution < -0.4 is 0 Å². The Kier molecular flexibility index (Phi) is 3.42. The van der Waals surface area contributed by atoms with Crippen LogP contribution in [-0.2, 0) is 0 Å². The fourth-order valence-electron chi connectivity index (χ4n) is 0.139. The van der Waals surface area contributed by atoms with E-state index in [0.29, 0.717) is 4.91 Å². The van der Waals surface area contributed by atoms with Crippen molar-refractivity contribution >= 4 is 18.8 Å². The maximum atomic E-state index is 3.84. The Morgan fingerprint density at radius 2 is 2.29 bits per heavy atom. The third-order valence-corrected chi connectivity index (χ3v) is 0.444. The summed E-state index contributed by atoms with van der Waals surface area (Å²) in [5.74, 6) is 0. The van der Waals surface area contributed by atoms with Crippen molar-refractivity contribution in [2.24, 2.45) is 4.99 Å². The highest BCUT2D eigenvalue weighted by Crippen LogP contribution is 1.87. The molecule has 0 aromatic rings. The minimum atomic E-state index is 0.639. The summed E-state index contributed by atoms with van der Waals surface area (Å²) in [5.41, 5.74) is 0. The van der Waals surface area contributed by atoms with Crippen molar-refractivity contribution < 1.29 is 0 Å². The summed E-state index contributed by atoms with van der Waals surface area (Å²) in [5, 5.41) is 0. The highest BCUT2D eigenvalue weighted by Gasteiger charge is 1.67. The normalized spacial score (nSPS) is 9.29. The monoisotopic (exact) mass is 113 g/mol. The second-order valence-electron chi connectivity index (χ2n) is 0.952. The van der Waals surface area contributed by atoms with Gasteiger partial charge in [0, 0.05) is 17.3 Å². The van der Waals surface area contributed by atoms with Gasteiger partial charge in [0.15, 0.2) is 0 Å². The van der Waals surface area contributed by atoms with Crippen LogP contribution >= 0.6 is 12.6 Å². The van der Waals surface area contributed by atoms with Crippen LogP contribution in [0, 0.1) is 0 Å². The van der Waals surface area contributed by atoms with Crippen LogP contribution in [0.3, 0.4) is 0 Å². The lowest BCUT2D eigenvalue weighted by atomic mass is 10.7. The second-order valence-corrected chi connectivity index (χ2v) is 1.53. The molecule has 1 nitrogen and oxygen atoms in total. The standard InChI is InChI=1S/C5H7NS/c1-3-6-4-5(2)7/h3-4,7H,1-2H2/b6-4-. The Morgan fingerprint density at radius 3 is 2.43 bits per heavy atom. The van der Waals surface area contributed by atoms with Crippen molar-refractivity contribution in [1.82, 2.24) is 0 Å². The van der Waals surface area contributed by atoms with Gasteiger partial charge in [-0.05, 0) is 0 Å². The highest BCUT2D eigenvalue weighted by atomic mass is 32.1. The number of hydrogen-bond acceptors (Lipinski definition) is 2. The molecule has 0 aliphatic rings. The summed E-state index contributed by atoms with van der Waals surface area (Å²) in [4.78, 5) is 4.27. The molecule has 0 atom stereocenters. The average molecular weight is 113 g/mol. The molecule has 0 saturated heterocycles. The zero-order valence-corrected chi connectivity index (χ0v) is 4.86. The Hall–Kier alpha value is -0.500. The number of allylic oxidation sites excluding steroid dienone is 1. The number of hydrogen-bond donors (Lipinski definition) is 1. The Morgan fingerprint density at radius 1 is 1.71 bits per heavy atom. The van der Waals surface area contributed by atoms with Gasteiger partial charge in [-0.3, -0.25) is 4.99 Å². The van der Waals surface area contributed by atoms with Gasteiger partial charge in [-0.2, -0.15) is 0 Å². The fourth-order valence-corrected chi connectivity index (χ4v) is 0.205. The molecule has 7 heavy (non-hydrogen) atoms. The second kappa shape index (κ2) is 3.68. The van der Waals surface area contributed by atoms with E-state index < -0.39 is 0 Å². The molecule has 0 heterocycles. The van der Waals surface area contributed by atoms with Gasteiger partial charge in [0.25, 0.3) is 0 Å². The third kappa shape index (κ3) is 5.50. The lowest BCUT2D eigenvalue weighted by Crippen LogP contribution is -1.64. The average Bonchev–Trinajstić information content (AvgIpc) is 1.61. The van der Waals surface area contributed by atoms with E-state index in [-0.39, 0.29) is 0 Å². The Labute approximate surface area is 48.9 Å². The molecule has 0 spiro atoms. The highest BCUT2D eigenvalue weighted by molar-refractivity contribution is 7.85. The summed E-state index contributed by atoms with van der Waals surface area (Å²) < 4.78 is 0. The molecular weight excluding hydrogens is 106 g/mol. The molecule has 0 rings (SSSR count). The molecule has 0 aliphatic heterocycles. The van der Waals surface area contributed by atoms with E-state index in [4.69, 9.17) is 0 Å². The molecule has 0 aromatic carbocycles. The molecule has 38 valence electrons. The van der Waals surface area contributed by atoms with Crippen LogP contribution in [0.15, 0.2) is 29.3 Å². The van der Waals surface area contributed by atoms with Crippen molar-refractivity contribution in [3.63, 3.8) is 0 Å². The maximum absolute atomic E-state index is 3.84. The quantitative estimate of drug-likeness (QED) is 0.413. The van der Waals surface area contributed by atoms with Gasteiger partial charge in [0.05, 0.1) is 0 Å². The molecule has 0 unspecified atom stereocenters. The van der Waals surface area contributed by atoms with E-state index in [2.05, 4.69) is 30.8 Å². The molecule has 0 N–H and O–H groups in total. The van der Waals surface area contributed by atoms with E-state index in [1.807, 2.05) is 0 Å². The van der Waals surface area contributed by atoms with Gasteiger partial charge in [-0.15, -0.1) is 12.6 Å². The van der Waals surface area contributed by atoms with Crippen LogP contribution in [0.5, 0.6) is 0 Å². The van der Waals surface area contributed by atoms with Crippen molar-refractivity contribution in [2.75, 3.05) is 0 Å². The lowest BCUT2D eigenvalue weighted by molar-refractivity contribution is 1.63. The van der Waals surface area contributed by atoms with Gasteiger partial charge < -0.3 is 0 Å². The van der Waals surface area contributed by atoms with Gasteiger partial charge in [0.2, 0.25) is 0 Å². The molecule has 0 bridgehead atoms. The molecule has 0 aromatic heterocycles. The van der Waals surface area contributed by atoms with Crippen molar-refractivity contribution in [2.45, 2.75) is 0 Å². The Bertz CT molecular complexity index is 105. The van der Waals surface area contributed by atoms with Crippen LogP contribution in [-0.4, -0.2) is 6.21 Å². The van der Waals surface area contributed by atoms with Crippen LogP contribution in [0.4, 0.5) is 0 Å². The lowest BCUT2D eigenvalue weighted by Gasteiger charge is -1.75. The van der Waals surface area contributed by atoms with Crippen molar-refractivity contribution in [1.29, 1.82) is 0 Å². The minimum Gasteiger partial charge on any atom is -0.264 e. The summed E-state index contributed by atoms with van der Waals surface area (Å²) >= 11 is 3.84. The van der Waals surface area contributed by atoms with Gasteiger partial charge >= 0.3 is 0 Å². The first-order valence-electron chi connectivity index (χ1n) is 1.79. The Balaban J connectivity index is 3.46. The van der Waals surface area contributed by atoms with Gasteiger partial charge in [-0.25, -0.2) is 0 Å². The molecule has 0 radical (unpaired) electrons.